The van der Waals surface area contributed by atoms with Gasteiger partial charge in [-0.05, 0) is 18.2 Å². The number of benzene rings is 1. The molecule has 0 aliphatic rings. The zero-order chi connectivity index (χ0) is 15.8. The van der Waals surface area contributed by atoms with Crippen LogP contribution in [0.25, 0.3) is 17.0 Å². The molecule has 0 spiro atoms. The highest BCUT2D eigenvalue weighted by Crippen LogP contribution is 2.20. The number of nitro groups is 1. The highest BCUT2D eigenvalue weighted by atomic mass is 16.6. The molecule has 22 heavy (non-hydrogen) atoms. The first-order valence-corrected chi connectivity index (χ1v) is 6.53. The molecular formula is C17H14N2O3. The lowest BCUT2D eigenvalue weighted by Gasteiger charge is -1.91. The molecule has 3 rings (SSSR count). The van der Waals surface area contributed by atoms with E-state index in [1.54, 1.807) is 6.08 Å². The molecule has 0 saturated heterocycles. The quantitative estimate of drug-likeness (QED) is 0.401. The van der Waals surface area contributed by atoms with Crippen LogP contribution < -0.4 is 0 Å². The van der Waals surface area contributed by atoms with E-state index >= 15 is 0 Å². The molecule has 5 heteroatoms. The SMILES string of the molecule is C=C/C=C/c1occc1[N+](=O)[O-].c1ccc2ncccc2c1. The van der Waals surface area contributed by atoms with E-state index < -0.39 is 4.92 Å². The standard InChI is InChI=1S/C9H7N.C8H7NO3/c1-2-6-9-8(4-1)5-3-7-10-9;1-2-3-4-8-7(9(10)11)5-6-12-8/h1-7H;2-6H,1H2/b;4-3+. The molecule has 0 atom stereocenters. The number of nitrogens with zero attached hydrogens (tertiary/aromatic N) is 2. The lowest BCUT2D eigenvalue weighted by atomic mass is 10.2. The van der Waals surface area contributed by atoms with Gasteiger partial charge in [0, 0.05) is 11.6 Å². The van der Waals surface area contributed by atoms with Crippen LogP contribution in [0.15, 0.2) is 78.1 Å². The van der Waals surface area contributed by atoms with Gasteiger partial charge in [0.2, 0.25) is 5.76 Å². The smallest absolute Gasteiger partial charge is 0.314 e. The maximum Gasteiger partial charge on any atom is 0.314 e. The fraction of sp³-hybridized carbons (Fsp3) is 0. The Bertz CT molecular complexity index is 741. The monoisotopic (exact) mass is 294 g/mol. The van der Waals surface area contributed by atoms with E-state index in [2.05, 4.69) is 23.7 Å². The van der Waals surface area contributed by atoms with E-state index in [9.17, 15) is 10.1 Å². The number of pyridine rings is 1. The second-order valence-electron chi connectivity index (χ2n) is 4.22. The number of aromatic nitrogens is 1. The van der Waals surface area contributed by atoms with Gasteiger partial charge in [-0.3, -0.25) is 15.1 Å². The van der Waals surface area contributed by atoms with Crippen molar-refractivity contribution in [1.29, 1.82) is 0 Å². The van der Waals surface area contributed by atoms with E-state index in [0.717, 1.165) is 5.52 Å². The van der Waals surface area contributed by atoms with Crippen LogP contribution in [0.2, 0.25) is 0 Å². The van der Waals surface area contributed by atoms with Crippen LogP contribution in [0.3, 0.4) is 0 Å². The van der Waals surface area contributed by atoms with Crippen LogP contribution >= 0.6 is 0 Å². The van der Waals surface area contributed by atoms with Crippen molar-refractivity contribution in [3.8, 4) is 0 Å². The topological polar surface area (TPSA) is 69.2 Å². The van der Waals surface area contributed by atoms with Crippen LogP contribution in [-0.4, -0.2) is 9.91 Å². The first-order valence-electron chi connectivity index (χ1n) is 6.53. The third kappa shape index (κ3) is 3.89. The summed E-state index contributed by atoms with van der Waals surface area (Å²) >= 11 is 0. The summed E-state index contributed by atoms with van der Waals surface area (Å²) in [5, 5.41) is 11.5. The Morgan fingerprint density at radius 2 is 1.95 bits per heavy atom. The van der Waals surface area contributed by atoms with Crippen molar-refractivity contribution in [2.24, 2.45) is 0 Å². The molecular weight excluding hydrogens is 280 g/mol. The summed E-state index contributed by atoms with van der Waals surface area (Å²) in [5.41, 5.74) is 1.03. The summed E-state index contributed by atoms with van der Waals surface area (Å²) in [6.45, 7) is 3.44. The van der Waals surface area contributed by atoms with Gasteiger partial charge in [0.25, 0.3) is 0 Å². The second-order valence-corrected chi connectivity index (χ2v) is 4.22. The third-order valence-corrected chi connectivity index (χ3v) is 2.77. The minimum absolute atomic E-state index is 0.0342. The van der Waals surface area contributed by atoms with Gasteiger partial charge in [-0.2, -0.15) is 0 Å². The largest absolute Gasteiger partial charge is 0.457 e. The Hall–Kier alpha value is -3.21. The van der Waals surface area contributed by atoms with E-state index in [1.165, 1.54) is 29.9 Å². The van der Waals surface area contributed by atoms with E-state index in [1.807, 2.05) is 30.5 Å². The highest BCUT2D eigenvalue weighted by molar-refractivity contribution is 5.77. The molecule has 0 bridgehead atoms. The highest BCUT2D eigenvalue weighted by Gasteiger charge is 2.13. The fourth-order valence-electron chi connectivity index (χ4n) is 1.76. The summed E-state index contributed by atoms with van der Waals surface area (Å²) in [6.07, 6.45) is 7.67. The Morgan fingerprint density at radius 3 is 2.68 bits per heavy atom. The molecule has 0 radical (unpaired) electrons. The molecule has 110 valence electrons. The number of furan rings is 1. The first-order chi connectivity index (χ1) is 10.7. The van der Waals surface area contributed by atoms with Crippen LogP contribution in [0.1, 0.15) is 5.76 Å². The fourth-order valence-corrected chi connectivity index (χ4v) is 1.76. The number of rotatable bonds is 3. The van der Waals surface area contributed by atoms with Crippen molar-refractivity contribution in [3.63, 3.8) is 0 Å². The Morgan fingerprint density at radius 1 is 1.18 bits per heavy atom. The van der Waals surface area contributed by atoms with Gasteiger partial charge in [-0.25, -0.2) is 0 Å². The maximum absolute atomic E-state index is 10.3. The third-order valence-electron chi connectivity index (χ3n) is 2.77. The number of fused-ring (bicyclic) bond motifs is 1. The van der Waals surface area contributed by atoms with Crippen LogP contribution in [0.5, 0.6) is 0 Å². The average molecular weight is 294 g/mol. The van der Waals surface area contributed by atoms with Gasteiger partial charge >= 0.3 is 5.69 Å². The van der Waals surface area contributed by atoms with Crippen molar-refractivity contribution in [2.45, 2.75) is 0 Å². The molecule has 0 saturated carbocycles. The molecule has 0 N–H and O–H groups in total. The zero-order valence-corrected chi connectivity index (χ0v) is 11.8. The van der Waals surface area contributed by atoms with Crippen molar-refractivity contribution in [1.82, 2.24) is 4.98 Å². The van der Waals surface area contributed by atoms with E-state index in [4.69, 9.17) is 4.42 Å². The Labute approximate surface area is 127 Å². The molecule has 0 aliphatic carbocycles. The van der Waals surface area contributed by atoms with Gasteiger partial charge in [-0.15, -0.1) is 0 Å². The minimum atomic E-state index is -0.494. The number of allylic oxidation sites excluding steroid dienone is 2. The maximum atomic E-state index is 10.3. The summed E-state index contributed by atoms with van der Waals surface area (Å²) in [7, 11) is 0. The first kappa shape index (κ1) is 15.2. The number of hydrogen-bond acceptors (Lipinski definition) is 4. The van der Waals surface area contributed by atoms with E-state index in [-0.39, 0.29) is 11.4 Å². The van der Waals surface area contributed by atoms with Crippen molar-refractivity contribution in [3.05, 3.63) is 89.5 Å². The molecule has 0 fully saturated rings. The molecule has 0 unspecified atom stereocenters. The predicted molar refractivity (Wildman–Crippen MR) is 86.3 cm³/mol. The van der Waals surface area contributed by atoms with Gasteiger partial charge in [-0.1, -0.05) is 43.0 Å². The molecule has 3 aromatic rings. The molecule has 5 nitrogen and oxygen atoms in total. The molecule has 0 amide bonds. The molecule has 0 aliphatic heterocycles. The van der Waals surface area contributed by atoms with Crippen molar-refractivity contribution >= 4 is 22.7 Å². The lowest BCUT2D eigenvalue weighted by molar-refractivity contribution is -0.385. The van der Waals surface area contributed by atoms with Crippen LogP contribution in [0, 0.1) is 10.1 Å². The van der Waals surface area contributed by atoms with Crippen LogP contribution in [-0.2, 0) is 0 Å². The summed E-state index contributed by atoms with van der Waals surface area (Å²) < 4.78 is 4.85. The summed E-state index contributed by atoms with van der Waals surface area (Å²) in [4.78, 5) is 14.0. The van der Waals surface area contributed by atoms with Gasteiger partial charge in [0.15, 0.2) is 0 Å². The lowest BCUT2D eigenvalue weighted by Crippen LogP contribution is -1.86. The van der Waals surface area contributed by atoms with Crippen molar-refractivity contribution in [2.75, 3.05) is 0 Å². The normalized spacial score (nSPS) is 10.2. The molecule has 2 aromatic heterocycles. The van der Waals surface area contributed by atoms with Gasteiger partial charge < -0.3 is 4.42 Å². The summed E-state index contributed by atoms with van der Waals surface area (Å²) in [6, 6.07) is 13.4. The predicted octanol–water partition coefficient (Wildman–Crippen LogP) is 4.62. The van der Waals surface area contributed by atoms with Crippen LogP contribution in [0.4, 0.5) is 5.69 Å². The zero-order valence-electron chi connectivity index (χ0n) is 11.8. The van der Waals surface area contributed by atoms with E-state index in [0.29, 0.717) is 0 Å². The van der Waals surface area contributed by atoms with Gasteiger partial charge in [0.05, 0.1) is 22.8 Å². The van der Waals surface area contributed by atoms with Gasteiger partial charge in [0.1, 0.15) is 0 Å². The van der Waals surface area contributed by atoms with Crippen molar-refractivity contribution < 1.29 is 9.34 Å². The Kier molecular flexibility index (Phi) is 5.20. The Balaban J connectivity index is 0.000000162. The minimum Gasteiger partial charge on any atom is -0.457 e. The molecule has 2 heterocycles. The molecule has 1 aromatic carbocycles. The number of para-hydroxylation sites is 1. The average Bonchev–Trinajstić information content (AvgIpc) is 3.02. The second kappa shape index (κ2) is 7.54. The number of hydrogen-bond donors (Lipinski definition) is 0. The summed E-state index contributed by atoms with van der Waals surface area (Å²) in [5.74, 6) is 0.236.